The van der Waals surface area contributed by atoms with Crippen LogP contribution in [0.15, 0.2) is 35.8 Å². The van der Waals surface area contributed by atoms with E-state index in [-0.39, 0.29) is 0 Å². The van der Waals surface area contributed by atoms with Gasteiger partial charge in [-0.25, -0.2) is 0 Å². The van der Waals surface area contributed by atoms with Gasteiger partial charge in [-0.05, 0) is 72.5 Å². The molecule has 0 aromatic rings. The van der Waals surface area contributed by atoms with Gasteiger partial charge in [0.2, 0.25) is 0 Å². The monoisotopic (exact) mass is 314 g/mol. The molecule has 0 nitrogen and oxygen atoms in total. The van der Waals surface area contributed by atoms with Crippen molar-refractivity contribution in [3.63, 3.8) is 0 Å². The van der Waals surface area contributed by atoms with Crippen LogP contribution in [0, 0.1) is 34.5 Å². The van der Waals surface area contributed by atoms with E-state index < -0.39 is 0 Å². The van der Waals surface area contributed by atoms with Crippen LogP contribution in [0.1, 0.15) is 52.4 Å². The van der Waals surface area contributed by atoms with Crippen LogP contribution in [-0.4, -0.2) is 5.75 Å². The fraction of sp³-hybridized carbons (Fsp3) is 0.714. The lowest BCUT2D eigenvalue weighted by atomic mass is 9.50. The number of thioether (sulfide) groups is 1. The van der Waals surface area contributed by atoms with Crippen molar-refractivity contribution in [2.45, 2.75) is 52.4 Å². The zero-order valence-corrected chi connectivity index (χ0v) is 15.0. The summed E-state index contributed by atoms with van der Waals surface area (Å²) in [5.41, 5.74) is 0.937. The minimum Gasteiger partial charge on any atom is -0.126 e. The van der Waals surface area contributed by atoms with Gasteiger partial charge in [-0.15, -0.1) is 18.3 Å². The number of hydrogen-bond acceptors (Lipinski definition) is 1. The maximum atomic E-state index is 4.02. The van der Waals surface area contributed by atoms with Crippen molar-refractivity contribution in [1.82, 2.24) is 0 Å². The van der Waals surface area contributed by atoms with E-state index in [0.717, 1.165) is 23.7 Å². The zero-order valence-electron chi connectivity index (χ0n) is 14.2. The molecule has 0 N–H and O–H groups in total. The molecule has 0 bridgehead atoms. The van der Waals surface area contributed by atoms with Crippen LogP contribution in [0.4, 0.5) is 0 Å². The normalized spacial score (nSPS) is 49.8. The van der Waals surface area contributed by atoms with Gasteiger partial charge < -0.3 is 0 Å². The summed E-state index contributed by atoms with van der Waals surface area (Å²) in [5, 5.41) is 0. The van der Waals surface area contributed by atoms with Crippen LogP contribution in [0.3, 0.4) is 0 Å². The lowest BCUT2D eigenvalue weighted by Gasteiger charge is -2.56. The lowest BCUT2D eigenvalue weighted by molar-refractivity contribution is -0.0183. The van der Waals surface area contributed by atoms with Crippen LogP contribution >= 0.6 is 11.8 Å². The average Bonchev–Trinajstić information content (AvgIpc) is 2.84. The Morgan fingerprint density at radius 1 is 1.27 bits per heavy atom. The van der Waals surface area contributed by atoms with E-state index in [1.165, 1.54) is 44.3 Å². The topological polar surface area (TPSA) is 0 Å². The summed E-state index contributed by atoms with van der Waals surface area (Å²) in [5.74, 6) is 4.83. The fourth-order valence-corrected chi connectivity index (χ4v) is 7.67. The summed E-state index contributed by atoms with van der Waals surface area (Å²) in [6.45, 7) is 9.16. The van der Waals surface area contributed by atoms with Gasteiger partial charge in [-0.2, -0.15) is 0 Å². The number of fused-ring (bicyclic) bond motifs is 5. The minimum absolute atomic E-state index is 0.351. The van der Waals surface area contributed by atoms with E-state index >= 15 is 0 Å². The summed E-state index contributed by atoms with van der Waals surface area (Å²) < 4.78 is 0. The van der Waals surface area contributed by atoms with E-state index in [4.69, 9.17) is 0 Å². The van der Waals surface area contributed by atoms with Crippen LogP contribution in [-0.2, 0) is 0 Å². The summed E-state index contributed by atoms with van der Waals surface area (Å²) in [6, 6.07) is 0. The van der Waals surface area contributed by atoms with Gasteiger partial charge in [-0.3, -0.25) is 0 Å². The van der Waals surface area contributed by atoms with Crippen molar-refractivity contribution >= 4 is 11.8 Å². The van der Waals surface area contributed by atoms with Crippen molar-refractivity contribution in [2.24, 2.45) is 34.5 Å². The Kier molecular flexibility index (Phi) is 3.64. The Morgan fingerprint density at radius 2 is 2.14 bits per heavy atom. The second-order valence-electron chi connectivity index (χ2n) is 8.52. The largest absolute Gasteiger partial charge is 0.126 e. The van der Waals surface area contributed by atoms with Crippen LogP contribution in [0.25, 0.3) is 0 Å². The highest BCUT2D eigenvalue weighted by molar-refractivity contribution is 8.03. The van der Waals surface area contributed by atoms with Gasteiger partial charge in [0, 0.05) is 11.2 Å². The molecule has 1 aliphatic heterocycles. The molecule has 0 spiro atoms. The molecule has 0 amide bonds. The van der Waals surface area contributed by atoms with Crippen molar-refractivity contribution in [1.29, 1.82) is 0 Å². The fourth-order valence-electron chi connectivity index (χ4n) is 6.55. The smallest absolute Gasteiger partial charge is 0.0192 e. The molecule has 1 heterocycles. The van der Waals surface area contributed by atoms with Crippen LogP contribution < -0.4 is 0 Å². The Balaban J connectivity index is 1.67. The Morgan fingerprint density at radius 3 is 2.95 bits per heavy atom. The Hall–Kier alpha value is -0.430. The quantitative estimate of drug-likeness (QED) is 0.545. The molecule has 0 saturated heterocycles. The maximum absolute atomic E-state index is 4.02. The van der Waals surface area contributed by atoms with Crippen LogP contribution in [0.2, 0.25) is 0 Å². The highest BCUT2D eigenvalue weighted by Gasteiger charge is 2.57. The van der Waals surface area contributed by atoms with Gasteiger partial charge in [0.05, 0.1) is 0 Å². The minimum atomic E-state index is 0.351. The molecule has 2 saturated carbocycles. The summed E-state index contributed by atoms with van der Waals surface area (Å²) in [6.07, 6.45) is 18.1. The van der Waals surface area contributed by atoms with Crippen molar-refractivity contribution in [3.05, 3.63) is 35.8 Å². The first kappa shape index (κ1) is 15.1. The maximum Gasteiger partial charge on any atom is 0.0192 e. The molecule has 4 rings (SSSR count). The van der Waals surface area contributed by atoms with Gasteiger partial charge in [-0.1, -0.05) is 38.2 Å². The van der Waals surface area contributed by atoms with E-state index in [2.05, 4.69) is 56.5 Å². The molecular weight excluding hydrogens is 284 g/mol. The summed E-state index contributed by atoms with van der Waals surface area (Å²) in [4.78, 5) is 1.68. The van der Waals surface area contributed by atoms with Gasteiger partial charge in [0.1, 0.15) is 0 Å². The second-order valence-corrected chi connectivity index (χ2v) is 9.58. The van der Waals surface area contributed by atoms with Gasteiger partial charge in [0.15, 0.2) is 0 Å². The molecule has 22 heavy (non-hydrogen) atoms. The van der Waals surface area contributed by atoms with E-state index in [0.29, 0.717) is 10.8 Å². The molecular formula is C21H30S. The molecule has 6 atom stereocenters. The molecule has 2 fully saturated rings. The third-order valence-electron chi connectivity index (χ3n) is 7.76. The van der Waals surface area contributed by atoms with E-state index in [1.54, 1.807) is 4.91 Å². The molecule has 0 aromatic carbocycles. The molecule has 4 aliphatic rings. The standard InChI is InChI=1S/C21H30S/c1-4-6-15-7-9-17-16-8-10-19-21(3,12-5-14-22-19)18(16)11-13-20(15,17)2/h4-5,10,12,15-18H,1,6-9,11,13-14H2,2-3H3/t15?,16-,17-,18+,20+,21+/m0/s1. The highest BCUT2D eigenvalue weighted by Crippen LogP contribution is 2.66. The van der Waals surface area contributed by atoms with Crippen molar-refractivity contribution in [3.8, 4) is 0 Å². The molecule has 0 radical (unpaired) electrons. The van der Waals surface area contributed by atoms with E-state index in [9.17, 15) is 0 Å². The summed E-state index contributed by atoms with van der Waals surface area (Å²) in [7, 11) is 0. The van der Waals surface area contributed by atoms with Gasteiger partial charge in [0.25, 0.3) is 0 Å². The molecule has 3 aliphatic carbocycles. The number of rotatable bonds is 2. The Bertz CT molecular complexity index is 530. The van der Waals surface area contributed by atoms with Crippen molar-refractivity contribution in [2.75, 3.05) is 5.75 Å². The first-order valence-electron chi connectivity index (χ1n) is 9.21. The summed E-state index contributed by atoms with van der Waals surface area (Å²) >= 11 is 2.10. The van der Waals surface area contributed by atoms with Crippen LogP contribution in [0.5, 0.6) is 0 Å². The first-order valence-corrected chi connectivity index (χ1v) is 10.2. The SMILES string of the molecule is C=CCC1CC[C@H]2[C@@H]3CC=C4SCC=C[C@]4(C)[C@@H]3CC[C@]12C. The Labute approximate surface area is 140 Å². The molecule has 0 aromatic heterocycles. The average molecular weight is 315 g/mol. The predicted octanol–water partition coefficient (Wildman–Crippen LogP) is 6.22. The third-order valence-corrected chi connectivity index (χ3v) is 9.04. The molecule has 1 unspecified atom stereocenters. The highest BCUT2D eigenvalue weighted by atomic mass is 32.2. The predicted molar refractivity (Wildman–Crippen MR) is 97.8 cm³/mol. The van der Waals surface area contributed by atoms with E-state index in [1.807, 2.05) is 0 Å². The lowest BCUT2D eigenvalue weighted by Crippen LogP contribution is -2.48. The molecule has 1 heteroatoms. The third kappa shape index (κ3) is 1.97. The zero-order chi connectivity index (χ0) is 15.4. The number of hydrogen-bond donors (Lipinski definition) is 0. The first-order chi connectivity index (χ1) is 10.6. The second kappa shape index (κ2) is 5.30. The van der Waals surface area contributed by atoms with Gasteiger partial charge >= 0.3 is 0 Å². The molecule has 120 valence electrons. The number of allylic oxidation sites excluding steroid dienone is 4. The van der Waals surface area contributed by atoms with Crippen molar-refractivity contribution < 1.29 is 0 Å².